The summed E-state index contributed by atoms with van der Waals surface area (Å²) < 4.78 is 0. The maximum atomic E-state index is 4.33. The minimum atomic E-state index is 0.446. The van der Waals surface area contributed by atoms with Crippen LogP contribution in [0.1, 0.15) is 41.4 Å². The highest BCUT2D eigenvalue weighted by Crippen LogP contribution is 2.44. The zero-order valence-corrected chi connectivity index (χ0v) is 12.7. The van der Waals surface area contributed by atoms with E-state index in [1.807, 2.05) is 6.20 Å². The summed E-state index contributed by atoms with van der Waals surface area (Å²) in [6, 6.07) is 11.8. The summed E-state index contributed by atoms with van der Waals surface area (Å²) >= 11 is 0. The Labute approximate surface area is 130 Å². The van der Waals surface area contributed by atoms with Gasteiger partial charge in [-0.2, -0.15) is 0 Å². The topological polar surface area (TPSA) is 31.9 Å². The smallest absolute Gasteiger partial charge is 0.0548 e. The molecule has 0 aliphatic carbocycles. The number of hydrogen-bond donors (Lipinski definition) is 1. The molecule has 0 fully saturated rings. The standard InChI is InChI=1S/C19H19N3/c1-12-16-11-20-8-6-13(16)10-18-19-15(7-9-22(12)18)14-4-2-3-5-17(14)21-19/h2-6,8,11-12,18,21H,7,9-10H2,1H3/t12-,18-/m0/s1. The third-order valence-corrected chi connectivity index (χ3v) is 5.51. The molecule has 0 saturated carbocycles. The van der Waals surface area contributed by atoms with Gasteiger partial charge < -0.3 is 4.98 Å². The second-order valence-corrected chi connectivity index (χ2v) is 6.52. The fourth-order valence-electron chi connectivity index (χ4n) is 4.40. The third-order valence-electron chi connectivity index (χ3n) is 5.51. The monoisotopic (exact) mass is 289 g/mol. The van der Waals surface area contributed by atoms with Gasteiger partial charge in [0.2, 0.25) is 0 Å². The maximum absolute atomic E-state index is 4.33. The molecule has 5 rings (SSSR count). The number of H-pyrrole nitrogens is 1. The van der Waals surface area contributed by atoms with Gasteiger partial charge in [0, 0.05) is 41.6 Å². The van der Waals surface area contributed by atoms with Gasteiger partial charge in [0.1, 0.15) is 0 Å². The van der Waals surface area contributed by atoms with Crippen molar-refractivity contribution in [2.45, 2.75) is 31.8 Å². The van der Waals surface area contributed by atoms with E-state index in [1.54, 1.807) is 0 Å². The molecule has 3 nitrogen and oxygen atoms in total. The number of hydrogen-bond acceptors (Lipinski definition) is 2. The molecular weight excluding hydrogens is 270 g/mol. The first-order valence-electron chi connectivity index (χ1n) is 8.11. The van der Waals surface area contributed by atoms with Crippen LogP contribution in [0.5, 0.6) is 0 Å². The van der Waals surface area contributed by atoms with Gasteiger partial charge in [-0.3, -0.25) is 9.88 Å². The number of pyridine rings is 1. The van der Waals surface area contributed by atoms with Gasteiger partial charge in [-0.15, -0.1) is 0 Å². The summed E-state index contributed by atoms with van der Waals surface area (Å²) in [5.74, 6) is 0. The Kier molecular flexibility index (Phi) is 2.50. The quantitative estimate of drug-likeness (QED) is 0.683. The molecule has 3 heteroatoms. The Morgan fingerprint density at radius 3 is 3.09 bits per heavy atom. The van der Waals surface area contributed by atoms with E-state index in [-0.39, 0.29) is 0 Å². The summed E-state index contributed by atoms with van der Waals surface area (Å²) in [5.41, 5.74) is 7.10. The maximum Gasteiger partial charge on any atom is 0.0548 e. The number of fused-ring (bicyclic) bond motifs is 6. The van der Waals surface area contributed by atoms with E-state index in [1.165, 1.54) is 33.3 Å². The molecule has 2 aliphatic rings. The average molecular weight is 289 g/mol. The Morgan fingerprint density at radius 2 is 2.14 bits per heavy atom. The fraction of sp³-hybridized carbons (Fsp3) is 0.316. The van der Waals surface area contributed by atoms with Crippen LogP contribution in [-0.4, -0.2) is 21.4 Å². The van der Waals surface area contributed by atoms with Crippen molar-refractivity contribution in [2.24, 2.45) is 0 Å². The van der Waals surface area contributed by atoms with Gasteiger partial charge in [-0.05, 0) is 48.6 Å². The molecule has 2 aliphatic heterocycles. The summed E-state index contributed by atoms with van der Waals surface area (Å²) in [5, 5.41) is 1.41. The summed E-state index contributed by atoms with van der Waals surface area (Å²) in [4.78, 5) is 10.7. The molecule has 110 valence electrons. The summed E-state index contributed by atoms with van der Waals surface area (Å²) in [6.07, 6.45) is 6.20. The average Bonchev–Trinajstić information content (AvgIpc) is 2.94. The molecule has 0 spiro atoms. The zero-order chi connectivity index (χ0) is 14.7. The molecule has 0 radical (unpaired) electrons. The predicted molar refractivity (Wildman–Crippen MR) is 87.8 cm³/mol. The fourth-order valence-corrected chi connectivity index (χ4v) is 4.40. The Morgan fingerprint density at radius 1 is 1.23 bits per heavy atom. The van der Waals surface area contributed by atoms with Crippen molar-refractivity contribution in [3.63, 3.8) is 0 Å². The van der Waals surface area contributed by atoms with Crippen LogP contribution in [0.25, 0.3) is 10.9 Å². The Hall–Kier alpha value is -2.13. The molecule has 1 N–H and O–H groups in total. The second kappa shape index (κ2) is 4.43. The highest BCUT2D eigenvalue weighted by atomic mass is 15.2. The molecule has 0 bridgehead atoms. The number of benzene rings is 1. The Balaban J connectivity index is 1.69. The molecule has 2 aromatic heterocycles. The molecular formula is C19H19N3. The predicted octanol–water partition coefficient (Wildman–Crippen LogP) is 3.78. The first-order chi connectivity index (χ1) is 10.8. The van der Waals surface area contributed by atoms with Crippen molar-refractivity contribution in [1.29, 1.82) is 0 Å². The molecule has 4 heterocycles. The third kappa shape index (κ3) is 1.57. The van der Waals surface area contributed by atoms with Crippen LogP contribution >= 0.6 is 0 Å². The summed E-state index contributed by atoms with van der Waals surface area (Å²) in [7, 11) is 0. The lowest BCUT2D eigenvalue weighted by molar-refractivity contribution is 0.115. The van der Waals surface area contributed by atoms with Gasteiger partial charge in [-0.1, -0.05) is 18.2 Å². The van der Waals surface area contributed by atoms with Gasteiger partial charge in [0.05, 0.1) is 6.04 Å². The van der Waals surface area contributed by atoms with E-state index in [0.717, 1.165) is 19.4 Å². The van der Waals surface area contributed by atoms with Crippen molar-refractivity contribution in [3.8, 4) is 0 Å². The minimum absolute atomic E-state index is 0.446. The highest BCUT2D eigenvalue weighted by molar-refractivity contribution is 5.85. The van der Waals surface area contributed by atoms with Crippen LogP contribution in [0, 0.1) is 0 Å². The number of nitrogens with one attached hydrogen (secondary N) is 1. The molecule has 1 aromatic carbocycles. The molecule has 2 atom stereocenters. The van der Waals surface area contributed by atoms with E-state index in [9.17, 15) is 0 Å². The van der Waals surface area contributed by atoms with Crippen LogP contribution in [0.4, 0.5) is 0 Å². The number of nitrogens with zero attached hydrogens (tertiary/aromatic N) is 2. The van der Waals surface area contributed by atoms with Gasteiger partial charge >= 0.3 is 0 Å². The van der Waals surface area contributed by atoms with E-state index < -0.39 is 0 Å². The lowest BCUT2D eigenvalue weighted by Crippen LogP contribution is -2.41. The van der Waals surface area contributed by atoms with E-state index in [2.05, 4.69) is 58.3 Å². The second-order valence-electron chi connectivity index (χ2n) is 6.52. The first kappa shape index (κ1) is 12.4. The van der Waals surface area contributed by atoms with E-state index in [0.29, 0.717) is 12.1 Å². The first-order valence-corrected chi connectivity index (χ1v) is 8.11. The molecule has 0 saturated heterocycles. The van der Waals surface area contributed by atoms with Crippen molar-refractivity contribution < 1.29 is 0 Å². The number of aromatic nitrogens is 2. The van der Waals surface area contributed by atoms with Gasteiger partial charge in [-0.25, -0.2) is 0 Å². The van der Waals surface area contributed by atoms with Crippen LogP contribution in [-0.2, 0) is 12.8 Å². The van der Waals surface area contributed by atoms with Crippen molar-refractivity contribution in [2.75, 3.05) is 6.54 Å². The minimum Gasteiger partial charge on any atom is -0.357 e. The normalized spacial score (nSPS) is 23.9. The molecule has 22 heavy (non-hydrogen) atoms. The van der Waals surface area contributed by atoms with E-state index in [4.69, 9.17) is 0 Å². The molecule has 0 unspecified atom stereocenters. The molecule has 3 aromatic rings. The zero-order valence-electron chi connectivity index (χ0n) is 12.7. The molecule has 0 amide bonds. The van der Waals surface area contributed by atoms with Crippen LogP contribution < -0.4 is 0 Å². The van der Waals surface area contributed by atoms with Gasteiger partial charge in [0.25, 0.3) is 0 Å². The summed E-state index contributed by atoms with van der Waals surface area (Å²) in [6.45, 7) is 3.45. The van der Waals surface area contributed by atoms with Crippen molar-refractivity contribution in [1.82, 2.24) is 14.9 Å². The van der Waals surface area contributed by atoms with Crippen LogP contribution in [0.2, 0.25) is 0 Å². The lowest BCUT2D eigenvalue weighted by Gasteiger charge is -2.44. The largest absolute Gasteiger partial charge is 0.357 e. The van der Waals surface area contributed by atoms with Crippen molar-refractivity contribution in [3.05, 3.63) is 65.1 Å². The Bertz CT molecular complexity index is 864. The van der Waals surface area contributed by atoms with Crippen LogP contribution in [0.3, 0.4) is 0 Å². The van der Waals surface area contributed by atoms with E-state index >= 15 is 0 Å². The lowest BCUT2D eigenvalue weighted by atomic mass is 9.84. The van der Waals surface area contributed by atoms with Crippen molar-refractivity contribution >= 4 is 10.9 Å². The highest BCUT2D eigenvalue weighted by Gasteiger charge is 2.37. The number of aromatic amines is 1. The number of para-hydroxylation sites is 1. The number of rotatable bonds is 0. The van der Waals surface area contributed by atoms with Gasteiger partial charge in [0.15, 0.2) is 0 Å². The SMILES string of the molecule is C[C@H]1c2cnccc2C[C@H]2c3[nH]c4ccccc4c3CCN12. The van der Waals surface area contributed by atoms with Crippen LogP contribution in [0.15, 0.2) is 42.7 Å².